The van der Waals surface area contributed by atoms with Gasteiger partial charge < -0.3 is 15.8 Å². The predicted octanol–water partition coefficient (Wildman–Crippen LogP) is 0.831. The van der Waals surface area contributed by atoms with Gasteiger partial charge in [0.25, 0.3) is 5.91 Å². The number of hydrogen-bond donors (Lipinski definition) is 2. The fourth-order valence-corrected chi connectivity index (χ4v) is 3.85. The first kappa shape index (κ1) is 20.5. The molecule has 0 unspecified atom stereocenters. The molecular weight excluding hydrogens is 378 g/mol. The number of carbonyl (C=O) groups is 5. The van der Waals surface area contributed by atoms with E-state index in [4.69, 9.17) is 10.5 Å². The number of carbonyl (C=O) groups excluding carboxylic acids is 5. The number of likely N-dealkylation sites (tertiary alicyclic amines) is 1. The van der Waals surface area contributed by atoms with Crippen molar-refractivity contribution in [3.63, 3.8) is 0 Å². The van der Waals surface area contributed by atoms with E-state index in [9.17, 15) is 24.0 Å². The Morgan fingerprint density at radius 2 is 1.66 bits per heavy atom. The van der Waals surface area contributed by atoms with Gasteiger partial charge in [-0.15, -0.1) is 0 Å². The second-order valence-corrected chi connectivity index (χ2v) is 7.32. The highest BCUT2D eigenvalue weighted by molar-refractivity contribution is 6.08. The molecule has 1 saturated heterocycles. The summed E-state index contributed by atoms with van der Waals surface area (Å²) >= 11 is 0. The molecule has 0 bridgehead atoms. The topological polar surface area (TPSA) is 136 Å². The quantitative estimate of drug-likeness (QED) is 0.535. The minimum Gasteiger partial charge on any atom is -0.454 e. The summed E-state index contributed by atoms with van der Waals surface area (Å²) in [5.41, 5.74) is 5.84. The molecule has 1 aliphatic heterocycles. The first-order chi connectivity index (χ1) is 13.8. The lowest BCUT2D eigenvalue weighted by Gasteiger charge is -2.21. The summed E-state index contributed by atoms with van der Waals surface area (Å²) in [5.74, 6) is -3.35. The molecule has 1 heterocycles. The number of ether oxygens (including phenoxy) is 1. The van der Waals surface area contributed by atoms with Crippen LogP contribution in [0.2, 0.25) is 0 Å². The van der Waals surface area contributed by atoms with Gasteiger partial charge in [-0.2, -0.15) is 0 Å². The smallest absolute Gasteiger partial charge is 0.329 e. The normalized spacial score (nSPS) is 22.0. The van der Waals surface area contributed by atoms with E-state index in [0.29, 0.717) is 24.1 Å². The Balaban J connectivity index is 1.53. The maximum atomic E-state index is 12.5. The summed E-state index contributed by atoms with van der Waals surface area (Å²) < 4.78 is 4.99. The first-order valence-electron chi connectivity index (χ1n) is 9.53. The van der Waals surface area contributed by atoms with Crippen LogP contribution in [0.5, 0.6) is 0 Å². The molecule has 2 aliphatic rings. The molecule has 4 amide bonds. The summed E-state index contributed by atoms with van der Waals surface area (Å²) in [4.78, 5) is 61.4. The highest BCUT2D eigenvalue weighted by Gasteiger charge is 2.51. The molecule has 3 N–H and O–H groups in total. The first-order valence-corrected chi connectivity index (χ1v) is 9.53. The van der Waals surface area contributed by atoms with Crippen LogP contribution < -0.4 is 11.1 Å². The van der Waals surface area contributed by atoms with E-state index in [0.717, 1.165) is 17.7 Å². The molecule has 3 atom stereocenters. The molecule has 1 aromatic carbocycles. The van der Waals surface area contributed by atoms with Gasteiger partial charge in [0.15, 0.2) is 6.61 Å². The van der Waals surface area contributed by atoms with Gasteiger partial charge >= 0.3 is 5.97 Å². The number of rotatable bonds is 6. The summed E-state index contributed by atoms with van der Waals surface area (Å²) in [7, 11) is 0. The second kappa shape index (κ2) is 8.42. The number of nitrogens with one attached hydrogen (secondary N) is 1. The summed E-state index contributed by atoms with van der Waals surface area (Å²) in [6.45, 7) is 0.861. The minimum atomic E-state index is -1.08. The molecule has 154 valence electrons. The van der Waals surface area contributed by atoms with Crippen LogP contribution in [0.1, 0.15) is 43.0 Å². The Morgan fingerprint density at radius 3 is 2.17 bits per heavy atom. The van der Waals surface area contributed by atoms with Crippen LogP contribution in [-0.4, -0.2) is 47.1 Å². The number of amides is 4. The Morgan fingerprint density at radius 1 is 1.10 bits per heavy atom. The lowest BCUT2D eigenvalue weighted by atomic mass is 9.81. The van der Waals surface area contributed by atoms with Gasteiger partial charge in [0, 0.05) is 11.3 Å². The van der Waals surface area contributed by atoms with E-state index in [1.54, 1.807) is 0 Å². The predicted molar refractivity (Wildman–Crippen MR) is 101 cm³/mol. The largest absolute Gasteiger partial charge is 0.454 e. The maximum absolute atomic E-state index is 12.5. The van der Waals surface area contributed by atoms with Crippen molar-refractivity contribution in [2.75, 3.05) is 11.9 Å². The second-order valence-electron chi connectivity index (χ2n) is 7.32. The molecule has 3 rings (SSSR count). The third-order valence-corrected chi connectivity index (χ3v) is 5.40. The fraction of sp³-hybridized carbons (Fsp3) is 0.450. The SMILES string of the molecule is C[C@@H](C(=O)OCC(=O)Nc1ccc(C(N)=O)cc1)N1C(=O)[C@H]2CCCC[C@H]2C1=O. The van der Waals surface area contributed by atoms with Gasteiger partial charge in [-0.05, 0) is 44.0 Å². The van der Waals surface area contributed by atoms with Gasteiger partial charge in [-0.25, -0.2) is 4.79 Å². The summed E-state index contributed by atoms with van der Waals surface area (Å²) in [5, 5.41) is 2.51. The van der Waals surface area contributed by atoms with Crippen LogP contribution in [0.3, 0.4) is 0 Å². The van der Waals surface area contributed by atoms with Gasteiger partial charge in [-0.1, -0.05) is 12.8 Å². The Labute approximate surface area is 167 Å². The third-order valence-electron chi connectivity index (χ3n) is 5.40. The third kappa shape index (κ3) is 4.28. The molecule has 1 aromatic rings. The zero-order valence-corrected chi connectivity index (χ0v) is 16.1. The number of anilines is 1. The number of primary amides is 1. The molecule has 1 saturated carbocycles. The van der Waals surface area contributed by atoms with Crippen molar-refractivity contribution >= 4 is 35.3 Å². The molecule has 0 aromatic heterocycles. The maximum Gasteiger partial charge on any atom is 0.329 e. The average Bonchev–Trinajstić information content (AvgIpc) is 2.96. The van der Waals surface area contributed by atoms with Gasteiger partial charge in [-0.3, -0.25) is 24.1 Å². The van der Waals surface area contributed by atoms with Crippen molar-refractivity contribution < 1.29 is 28.7 Å². The standard InChI is InChI=1S/C20H23N3O6/c1-11(23-18(26)14-4-2-3-5-15(14)19(23)27)20(28)29-10-16(24)22-13-8-6-12(7-9-13)17(21)25/h6-9,11,14-15H,2-5,10H2,1H3,(H2,21,25)(H,22,24)/t11-,14-,15+/m0/s1. The molecule has 0 radical (unpaired) electrons. The Bertz CT molecular complexity index is 826. The number of esters is 1. The molecule has 9 nitrogen and oxygen atoms in total. The van der Waals surface area contributed by atoms with Crippen molar-refractivity contribution in [2.24, 2.45) is 17.6 Å². The lowest BCUT2D eigenvalue weighted by Crippen LogP contribution is -2.45. The van der Waals surface area contributed by atoms with Crippen LogP contribution in [-0.2, 0) is 23.9 Å². The highest BCUT2D eigenvalue weighted by Crippen LogP contribution is 2.38. The van der Waals surface area contributed by atoms with E-state index in [1.807, 2.05) is 0 Å². The van der Waals surface area contributed by atoms with Crippen LogP contribution in [0, 0.1) is 11.8 Å². The molecule has 29 heavy (non-hydrogen) atoms. The number of benzene rings is 1. The van der Waals surface area contributed by atoms with Crippen molar-refractivity contribution in [1.29, 1.82) is 0 Å². The Hall–Kier alpha value is -3.23. The molecule has 9 heteroatoms. The number of nitrogens with zero attached hydrogens (tertiary/aromatic N) is 1. The van der Waals surface area contributed by atoms with Gasteiger partial charge in [0.2, 0.25) is 17.7 Å². The molecule has 1 aliphatic carbocycles. The number of fused-ring (bicyclic) bond motifs is 1. The monoisotopic (exact) mass is 401 g/mol. The van der Waals surface area contributed by atoms with Crippen molar-refractivity contribution in [3.05, 3.63) is 29.8 Å². The van der Waals surface area contributed by atoms with Crippen LogP contribution in [0.4, 0.5) is 5.69 Å². The van der Waals surface area contributed by atoms with E-state index >= 15 is 0 Å². The van der Waals surface area contributed by atoms with E-state index in [2.05, 4.69) is 5.32 Å². The Kier molecular flexibility index (Phi) is 5.95. The van der Waals surface area contributed by atoms with E-state index in [-0.39, 0.29) is 23.7 Å². The van der Waals surface area contributed by atoms with E-state index < -0.39 is 30.4 Å². The molecule has 0 spiro atoms. The summed E-state index contributed by atoms with van der Waals surface area (Å²) in [6, 6.07) is 4.81. The number of imide groups is 1. The number of nitrogens with two attached hydrogens (primary N) is 1. The fourth-order valence-electron chi connectivity index (χ4n) is 3.85. The lowest BCUT2D eigenvalue weighted by molar-refractivity contribution is -0.159. The van der Waals surface area contributed by atoms with E-state index in [1.165, 1.54) is 31.2 Å². The van der Waals surface area contributed by atoms with Crippen LogP contribution in [0.25, 0.3) is 0 Å². The average molecular weight is 401 g/mol. The molecule has 2 fully saturated rings. The molecular formula is C20H23N3O6. The van der Waals surface area contributed by atoms with Gasteiger partial charge in [0.1, 0.15) is 6.04 Å². The van der Waals surface area contributed by atoms with Crippen molar-refractivity contribution in [3.8, 4) is 0 Å². The van der Waals surface area contributed by atoms with Gasteiger partial charge in [0.05, 0.1) is 11.8 Å². The summed E-state index contributed by atoms with van der Waals surface area (Å²) in [6.07, 6.45) is 3.11. The number of hydrogen-bond acceptors (Lipinski definition) is 6. The van der Waals surface area contributed by atoms with Crippen molar-refractivity contribution in [1.82, 2.24) is 4.90 Å². The van der Waals surface area contributed by atoms with Crippen LogP contribution >= 0.6 is 0 Å². The van der Waals surface area contributed by atoms with Crippen LogP contribution in [0.15, 0.2) is 24.3 Å². The minimum absolute atomic E-state index is 0.295. The zero-order valence-electron chi connectivity index (χ0n) is 16.1. The zero-order chi connectivity index (χ0) is 21.1. The van der Waals surface area contributed by atoms with Crippen molar-refractivity contribution in [2.45, 2.75) is 38.6 Å². The highest BCUT2D eigenvalue weighted by atomic mass is 16.5.